The van der Waals surface area contributed by atoms with Crippen LogP contribution in [0.3, 0.4) is 0 Å². The molecule has 0 N–H and O–H groups in total. The van der Waals surface area contributed by atoms with Gasteiger partial charge in [-0.2, -0.15) is 0 Å². The SMILES string of the molecule is CCCCCCCCCCC1OC1CCOC(=O)C1CC2OC2CC1C(=O)OCCC1OC1CCCCCCCCCC. The van der Waals surface area contributed by atoms with Crippen molar-refractivity contribution in [3.63, 3.8) is 0 Å². The minimum atomic E-state index is -0.476. The molecule has 248 valence electrons. The predicted molar refractivity (Wildman–Crippen MR) is 168 cm³/mol. The maximum atomic E-state index is 13.0. The monoisotopic (exact) mass is 606 g/mol. The van der Waals surface area contributed by atoms with Gasteiger partial charge in [0.2, 0.25) is 0 Å². The van der Waals surface area contributed by atoms with Crippen molar-refractivity contribution in [3.05, 3.63) is 0 Å². The molecule has 0 aromatic heterocycles. The van der Waals surface area contributed by atoms with Crippen LogP contribution in [0.2, 0.25) is 0 Å². The van der Waals surface area contributed by atoms with Gasteiger partial charge in [-0.25, -0.2) is 0 Å². The first-order chi connectivity index (χ1) is 21.1. The molecule has 8 unspecified atom stereocenters. The van der Waals surface area contributed by atoms with E-state index in [-0.39, 0.29) is 36.4 Å². The lowest BCUT2D eigenvalue weighted by Crippen LogP contribution is -2.38. The maximum Gasteiger partial charge on any atom is 0.309 e. The van der Waals surface area contributed by atoms with E-state index in [1.807, 2.05) is 0 Å². The summed E-state index contributed by atoms with van der Waals surface area (Å²) >= 11 is 0. The standard InChI is InChI=1S/C36H62O7/c1-3-5-7-9-11-13-15-17-19-29-31(41-29)21-23-39-35(37)27-25-33-34(43-33)26-28(27)36(38)40-24-22-32-30(42-32)20-18-16-14-12-10-8-6-4-2/h27-34H,3-26H2,1-2H3. The number of carbonyl (C=O) groups is 2. The first-order valence-electron chi connectivity index (χ1n) is 18.4. The van der Waals surface area contributed by atoms with Crippen LogP contribution in [0, 0.1) is 11.8 Å². The first-order valence-corrected chi connectivity index (χ1v) is 18.4. The molecule has 0 aromatic carbocycles. The van der Waals surface area contributed by atoms with Crippen LogP contribution in [-0.2, 0) is 33.3 Å². The molecule has 3 saturated heterocycles. The molecule has 0 radical (unpaired) electrons. The van der Waals surface area contributed by atoms with Gasteiger partial charge in [-0.1, -0.05) is 117 Å². The fourth-order valence-electron chi connectivity index (χ4n) is 7.04. The van der Waals surface area contributed by atoms with Crippen LogP contribution in [0.1, 0.15) is 155 Å². The average molecular weight is 607 g/mol. The van der Waals surface area contributed by atoms with Crippen LogP contribution in [0.4, 0.5) is 0 Å². The highest BCUT2D eigenvalue weighted by Crippen LogP contribution is 2.44. The second kappa shape index (κ2) is 19.4. The summed E-state index contributed by atoms with van der Waals surface area (Å²) in [6, 6.07) is 0. The molecule has 3 heterocycles. The second-order valence-corrected chi connectivity index (χ2v) is 13.8. The summed E-state index contributed by atoms with van der Waals surface area (Å²) in [6.45, 7) is 5.22. The molecule has 8 atom stereocenters. The zero-order valence-corrected chi connectivity index (χ0v) is 27.4. The van der Waals surface area contributed by atoms with Crippen molar-refractivity contribution in [2.45, 2.75) is 192 Å². The third kappa shape index (κ3) is 13.0. The molecular weight excluding hydrogens is 544 g/mol. The lowest BCUT2D eigenvalue weighted by atomic mass is 9.79. The normalized spacial score (nSPS) is 30.5. The summed E-state index contributed by atoms with van der Waals surface area (Å²) in [6.07, 6.45) is 27.2. The Labute approximate surface area is 261 Å². The average Bonchev–Trinajstić information content (AvgIpc) is 3.92. The fourth-order valence-corrected chi connectivity index (χ4v) is 7.04. The van der Waals surface area contributed by atoms with E-state index in [0.717, 1.165) is 25.7 Å². The van der Waals surface area contributed by atoms with E-state index < -0.39 is 11.8 Å². The molecule has 43 heavy (non-hydrogen) atoms. The van der Waals surface area contributed by atoms with Crippen LogP contribution < -0.4 is 0 Å². The highest BCUT2D eigenvalue weighted by Gasteiger charge is 2.54. The van der Waals surface area contributed by atoms with Crippen LogP contribution >= 0.6 is 0 Å². The Morgan fingerprint density at radius 1 is 0.488 bits per heavy atom. The van der Waals surface area contributed by atoms with Crippen LogP contribution in [-0.4, -0.2) is 61.8 Å². The number of rotatable bonds is 26. The van der Waals surface area contributed by atoms with Crippen molar-refractivity contribution in [2.24, 2.45) is 11.8 Å². The van der Waals surface area contributed by atoms with Crippen LogP contribution in [0.15, 0.2) is 0 Å². The van der Waals surface area contributed by atoms with E-state index in [1.54, 1.807) is 0 Å². The smallest absolute Gasteiger partial charge is 0.309 e. The first kappa shape index (κ1) is 34.7. The summed E-state index contributed by atoms with van der Waals surface area (Å²) in [4.78, 5) is 26.0. The molecular formula is C36H62O7. The van der Waals surface area contributed by atoms with E-state index in [9.17, 15) is 9.59 Å². The van der Waals surface area contributed by atoms with Crippen molar-refractivity contribution >= 4 is 11.9 Å². The zero-order chi connectivity index (χ0) is 30.3. The summed E-state index contributed by atoms with van der Waals surface area (Å²) < 4.78 is 28.6. The molecule has 1 saturated carbocycles. The molecule has 3 aliphatic heterocycles. The molecule has 7 heteroatoms. The van der Waals surface area contributed by atoms with Gasteiger partial charge in [0.05, 0.1) is 61.7 Å². The summed E-state index contributed by atoms with van der Waals surface area (Å²) in [7, 11) is 0. The van der Waals surface area contributed by atoms with Crippen molar-refractivity contribution in [1.29, 1.82) is 0 Å². The number of epoxide rings is 3. The van der Waals surface area contributed by atoms with Gasteiger partial charge in [-0.3, -0.25) is 9.59 Å². The Balaban J connectivity index is 1.02. The molecule has 0 aromatic rings. The van der Waals surface area contributed by atoms with Gasteiger partial charge >= 0.3 is 11.9 Å². The van der Waals surface area contributed by atoms with Crippen LogP contribution in [0.25, 0.3) is 0 Å². The topological polar surface area (TPSA) is 90.2 Å². The van der Waals surface area contributed by atoms with Gasteiger partial charge in [-0.05, 0) is 25.7 Å². The maximum absolute atomic E-state index is 13.0. The molecule has 1 aliphatic carbocycles. The minimum Gasteiger partial charge on any atom is -0.465 e. The fraction of sp³-hybridized carbons (Fsp3) is 0.944. The van der Waals surface area contributed by atoms with Gasteiger partial charge in [0, 0.05) is 12.8 Å². The third-order valence-electron chi connectivity index (χ3n) is 10.1. The lowest BCUT2D eigenvalue weighted by Gasteiger charge is -2.26. The lowest BCUT2D eigenvalue weighted by molar-refractivity contribution is -0.162. The van der Waals surface area contributed by atoms with Gasteiger partial charge in [0.15, 0.2) is 0 Å². The van der Waals surface area contributed by atoms with Gasteiger partial charge in [0.25, 0.3) is 0 Å². The van der Waals surface area contributed by atoms with Gasteiger partial charge in [-0.15, -0.1) is 0 Å². The highest BCUT2D eigenvalue weighted by molar-refractivity contribution is 5.82. The summed E-state index contributed by atoms with van der Waals surface area (Å²) in [5, 5.41) is 0. The quantitative estimate of drug-likeness (QED) is 0.0556. The van der Waals surface area contributed by atoms with Crippen molar-refractivity contribution in [2.75, 3.05) is 13.2 Å². The molecule has 4 rings (SSSR count). The Bertz CT molecular complexity index is 738. The second-order valence-electron chi connectivity index (χ2n) is 13.8. The number of esters is 2. The Morgan fingerprint density at radius 3 is 1.23 bits per heavy atom. The van der Waals surface area contributed by atoms with E-state index in [2.05, 4.69) is 13.8 Å². The number of ether oxygens (including phenoxy) is 5. The summed E-state index contributed by atoms with van der Waals surface area (Å²) in [5.74, 6) is -1.52. The Morgan fingerprint density at radius 2 is 0.837 bits per heavy atom. The van der Waals surface area contributed by atoms with E-state index in [1.165, 1.54) is 103 Å². The molecule has 7 nitrogen and oxygen atoms in total. The number of hydrogen-bond acceptors (Lipinski definition) is 7. The Kier molecular flexibility index (Phi) is 15.6. The van der Waals surface area contributed by atoms with Crippen LogP contribution in [0.5, 0.6) is 0 Å². The van der Waals surface area contributed by atoms with Gasteiger partial charge in [0.1, 0.15) is 0 Å². The molecule has 0 bridgehead atoms. The minimum absolute atomic E-state index is 0.0846. The molecule has 0 amide bonds. The number of unbranched alkanes of at least 4 members (excludes halogenated alkanes) is 14. The summed E-state index contributed by atoms with van der Waals surface area (Å²) in [5.41, 5.74) is 0. The number of hydrogen-bond donors (Lipinski definition) is 0. The third-order valence-corrected chi connectivity index (χ3v) is 10.1. The van der Waals surface area contributed by atoms with Crippen molar-refractivity contribution < 1.29 is 33.3 Å². The zero-order valence-electron chi connectivity index (χ0n) is 27.4. The number of carbonyl (C=O) groups excluding carboxylic acids is 2. The Hall–Kier alpha value is -1.18. The molecule has 4 fully saturated rings. The van der Waals surface area contributed by atoms with Gasteiger partial charge < -0.3 is 23.7 Å². The van der Waals surface area contributed by atoms with Crippen molar-refractivity contribution in [3.8, 4) is 0 Å². The highest BCUT2D eigenvalue weighted by atomic mass is 16.6. The van der Waals surface area contributed by atoms with E-state index >= 15 is 0 Å². The van der Waals surface area contributed by atoms with Crippen molar-refractivity contribution in [1.82, 2.24) is 0 Å². The molecule has 0 spiro atoms. The largest absolute Gasteiger partial charge is 0.465 e. The predicted octanol–water partition coefficient (Wildman–Crippen LogP) is 8.24. The van der Waals surface area contributed by atoms with E-state index in [4.69, 9.17) is 23.7 Å². The number of fused-ring (bicyclic) bond motifs is 1. The molecule has 4 aliphatic rings. The van der Waals surface area contributed by atoms with E-state index in [0.29, 0.717) is 38.3 Å².